The summed E-state index contributed by atoms with van der Waals surface area (Å²) in [7, 11) is 0. The largest absolute Gasteiger partial charge is 0.416 e. The molecule has 1 aromatic heterocycles. The quantitative estimate of drug-likeness (QED) is 0.748. The van der Waals surface area contributed by atoms with Crippen molar-refractivity contribution < 1.29 is 18.0 Å². The molecule has 1 N–H and O–H groups in total. The van der Waals surface area contributed by atoms with Gasteiger partial charge in [0, 0.05) is 15.1 Å². The summed E-state index contributed by atoms with van der Waals surface area (Å²) in [5.74, 6) is -0.595. The summed E-state index contributed by atoms with van der Waals surface area (Å²) in [6.07, 6.45) is -3.05. The lowest BCUT2D eigenvalue weighted by Crippen LogP contribution is -2.15. The van der Waals surface area contributed by atoms with E-state index in [-0.39, 0.29) is 11.4 Å². The molecule has 0 unspecified atom stereocenters. The molecule has 8 heteroatoms. The van der Waals surface area contributed by atoms with Gasteiger partial charge in [-0.1, -0.05) is 0 Å². The number of nitrogens with one attached hydrogen (secondary N) is 1. The number of anilines is 1. The second-order valence-electron chi connectivity index (χ2n) is 4.01. The summed E-state index contributed by atoms with van der Waals surface area (Å²) < 4.78 is 39.0. The Balaban J connectivity index is 2.26. The van der Waals surface area contributed by atoms with Crippen molar-refractivity contribution in [3.8, 4) is 0 Å². The van der Waals surface area contributed by atoms with Crippen LogP contribution < -0.4 is 5.32 Å². The molecule has 0 saturated heterocycles. The molecule has 0 atom stereocenters. The first-order valence-corrected chi connectivity index (χ1v) is 7.15. The Morgan fingerprint density at radius 3 is 2.43 bits per heavy atom. The van der Waals surface area contributed by atoms with E-state index in [1.807, 2.05) is 0 Å². The van der Waals surface area contributed by atoms with Gasteiger partial charge in [-0.2, -0.15) is 13.2 Å². The van der Waals surface area contributed by atoms with Crippen molar-refractivity contribution in [2.45, 2.75) is 6.18 Å². The van der Waals surface area contributed by atoms with Crippen LogP contribution >= 0.6 is 31.9 Å². The number of hydrogen-bond donors (Lipinski definition) is 1. The van der Waals surface area contributed by atoms with Crippen LogP contribution in [0.2, 0.25) is 0 Å². The van der Waals surface area contributed by atoms with Crippen molar-refractivity contribution in [3.05, 3.63) is 56.7 Å². The average Bonchev–Trinajstić information content (AvgIpc) is 2.40. The molecule has 0 bridgehead atoms. The van der Waals surface area contributed by atoms with Crippen LogP contribution in [0.15, 0.2) is 45.5 Å². The Kier molecular flexibility index (Phi) is 4.67. The lowest BCUT2D eigenvalue weighted by Gasteiger charge is -2.11. The molecule has 3 nitrogen and oxygen atoms in total. The first-order valence-electron chi connectivity index (χ1n) is 5.57. The van der Waals surface area contributed by atoms with Crippen LogP contribution in [0, 0.1) is 0 Å². The van der Waals surface area contributed by atoms with Crippen molar-refractivity contribution in [1.29, 1.82) is 0 Å². The predicted molar refractivity (Wildman–Crippen MR) is 79.0 cm³/mol. The van der Waals surface area contributed by atoms with Gasteiger partial charge in [-0.25, -0.2) is 4.98 Å². The van der Waals surface area contributed by atoms with Gasteiger partial charge in [0.2, 0.25) is 0 Å². The van der Waals surface area contributed by atoms with Crippen LogP contribution in [-0.4, -0.2) is 10.9 Å². The first kappa shape index (κ1) is 16.0. The molecule has 1 aromatic carbocycles. The van der Waals surface area contributed by atoms with E-state index in [0.717, 1.165) is 12.1 Å². The van der Waals surface area contributed by atoms with Crippen LogP contribution in [-0.2, 0) is 6.18 Å². The van der Waals surface area contributed by atoms with Crippen molar-refractivity contribution in [3.63, 3.8) is 0 Å². The zero-order valence-electron chi connectivity index (χ0n) is 10.2. The SMILES string of the molecule is O=C(Nc1cc(C(F)(F)F)ccc1Br)c1ccc(Br)cn1. The standard InChI is InChI=1S/C13H7Br2F3N2O/c14-8-2-4-10(19-6-8)12(21)20-11-5-7(13(16,17)18)1-3-9(11)15/h1-6H,(H,20,21). The van der Waals surface area contributed by atoms with E-state index >= 15 is 0 Å². The summed E-state index contributed by atoms with van der Waals surface area (Å²) in [6.45, 7) is 0. The van der Waals surface area contributed by atoms with Crippen molar-refractivity contribution in [2.75, 3.05) is 5.32 Å². The first-order chi connectivity index (χ1) is 9.77. The van der Waals surface area contributed by atoms with Crippen LogP contribution in [0.1, 0.15) is 16.1 Å². The lowest BCUT2D eigenvalue weighted by atomic mass is 10.2. The number of aromatic nitrogens is 1. The van der Waals surface area contributed by atoms with E-state index in [1.165, 1.54) is 18.3 Å². The topological polar surface area (TPSA) is 42.0 Å². The van der Waals surface area contributed by atoms with Gasteiger partial charge >= 0.3 is 6.18 Å². The number of benzene rings is 1. The summed E-state index contributed by atoms with van der Waals surface area (Å²) in [6, 6.07) is 6.09. The van der Waals surface area contributed by atoms with Gasteiger partial charge in [-0.3, -0.25) is 4.79 Å². The molecule has 0 aliphatic carbocycles. The highest BCUT2D eigenvalue weighted by atomic mass is 79.9. The molecule has 2 rings (SSSR count). The summed E-state index contributed by atoms with van der Waals surface area (Å²) >= 11 is 6.28. The fraction of sp³-hybridized carbons (Fsp3) is 0.0769. The van der Waals surface area contributed by atoms with Crippen molar-refractivity contribution in [1.82, 2.24) is 4.98 Å². The van der Waals surface area contributed by atoms with E-state index in [2.05, 4.69) is 42.2 Å². The third-order valence-electron chi connectivity index (χ3n) is 2.50. The number of carbonyl (C=O) groups excluding carboxylic acids is 1. The van der Waals surface area contributed by atoms with Crippen LogP contribution in [0.4, 0.5) is 18.9 Å². The Labute approximate surface area is 134 Å². The highest BCUT2D eigenvalue weighted by Crippen LogP contribution is 2.34. The Bertz CT molecular complexity index is 672. The van der Waals surface area contributed by atoms with E-state index in [4.69, 9.17) is 0 Å². The molecule has 1 heterocycles. The molecule has 0 aliphatic rings. The Morgan fingerprint density at radius 2 is 1.86 bits per heavy atom. The maximum absolute atomic E-state index is 12.7. The number of rotatable bonds is 2. The second kappa shape index (κ2) is 6.15. The van der Waals surface area contributed by atoms with E-state index in [1.54, 1.807) is 6.07 Å². The molecule has 0 saturated carbocycles. The molecule has 0 spiro atoms. The van der Waals surface area contributed by atoms with E-state index in [0.29, 0.717) is 8.95 Å². The molecular formula is C13H7Br2F3N2O. The van der Waals surface area contributed by atoms with Gasteiger partial charge in [0.05, 0.1) is 11.3 Å². The third-order valence-corrected chi connectivity index (χ3v) is 3.66. The number of halogens is 5. The van der Waals surface area contributed by atoms with E-state index in [9.17, 15) is 18.0 Å². The van der Waals surface area contributed by atoms with Gasteiger partial charge in [0.1, 0.15) is 5.69 Å². The molecule has 1 amide bonds. The Morgan fingerprint density at radius 1 is 1.14 bits per heavy atom. The van der Waals surface area contributed by atoms with Crippen molar-refractivity contribution >= 4 is 43.5 Å². The number of carbonyl (C=O) groups is 1. The summed E-state index contributed by atoms with van der Waals surface area (Å²) in [5.41, 5.74) is -0.716. The van der Waals surface area contributed by atoms with Crippen LogP contribution in [0.5, 0.6) is 0 Å². The zero-order valence-corrected chi connectivity index (χ0v) is 13.4. The molecule has 0 radical (unpaired) electrons. The van der Waals surface area contributed by atoms with Gasteiger partial charge in [-0.05, 0) is 62.2 Å². The Hall–Kier alpha value is -1.41. The number of hydrogen-bond acceptors (Lipinski definition) is 2. The number of pyridine rings is 1. The smallest absolute Gasteiger partial charge is 0.320 e. The molecule has 0 aliphatic heterocycles. The summed E-state index contributed by atoms with van der Waals surface area (Å²) in [5, 5.41) is 2.39. The maximum Gasteiger partial charge on any atom is 0.416 e. The number of nitrogens with zero attached hydrogens (tertiary/aromatic N) is 1. The maximum atomic E-state index is 12.7. The highest BCUT2D eigenvalue weighted by Gasteiger charge is 2.31. The highest BCUT2D eigenvalue weighted by molar-refractivity contribution is 9.10. The monoisotopic (exact) mass is 422 g/mol. The molecule has 2 aromatic rings. The fourth-order valence-electron chi connectivity index (χ4n) is 1.49. The van der Waals surface area contributed by atoms with E-state index < -0.39 is 17.6 Å². The van der Waals surface area contributed by atoms with Gasteiger partial charge in [0.25, 0.3) is 5.91 Å². The van der Waals surface area contributed by atoms with Gasteiger partial charge < -0.3 is 5.32 Å². The van der Waals surface area contributed by atoms with Crippen LogP contribution in [0.25, 0.3) is 0 Å². The predicted octanol–water partition coefficient (Wildman–Crippen LogP) is 4.88. The minimum Gasteiger partial charge on any atom is -0.320 e. The fourth-order valence-corrected chi connectivity index (χ4v) is 2.07. The van der Waals surface area contributed by atoms with Gasteiger partial charge in [0.15, 0.2) is 0 Å². The molecular weight excluding hydrogens is 417 g/mol. The zero-order chi connectivity index (χ0) is 15.6. The lowest BCUT2D eigenvalue weighted by molar-refractivity contribution is -0.137. The molecule has 110 valence electrons. The molecule has 21 heavy (non-hydrogen) atoms. The number of alkyl halides is 3. The van der Waals surface area contributed by atoms with Crippen LogP contribution in [0.3, 0.4) is 0 Å². The second-order valence-corrected chi connectivity index (χ2v) is 5.78. The van der Waals surface area contributed by atoms with Crippen molar-refractivity contribution in [2.24, 2.45) is 0 Å². The minimum atomic E-state index is -4.48. The summed E-state index contributed by atoms with van der Waals surface area (Å²) in [4.78, 5) is 15.8. The third kappa shape index (κ3) is 4.04. The average molecular weight is 424 g/mol. The normalized spacial score (nSPS) is 11.3. The number of amides is 1. The molecule has 0 fully saturated rings. The minimum absolute atomic E-state index is 0.0274. The van der Waals surface area contributed by atoms with Gasteiger partial charge in [-0.15, -0.1) is 0 Å².